The number of hydrogen-bond donors (Lipinski definition) is 1. The highest BCUT2D eigenvalue weighted by Crippen LogP contribution is 2.07. The van der Waals surface area contributed by atoms with Crippen molar-refractivity contribution in [2.24, 2.45) is 5.73 Å². The number of rotatable bonds is 10. The average molecular weight is 201 g/mol. The molecule has 0 saturated heterocycles. The highest BCUT2D eigenvalue weighted by Gasteiger charge is 1.97. The van der Waals surface area contributed by atoms with Gasteiger partial charge in [-0.15, -0.1) is 0 Å². The Kier molecular flexibility index (Phi) is 10.3. The smallest absolute Gasteiger partial charge is 0.191 e. The summed E-state index contributed by atoms with van der Waals surface area (Å²) < 4.78 is 1.02. The molecule has 0 atom stereocenters. The van der Waals surface area contributed by atoms with Gasteiger partial charge in [-0.1, -0.05) is 32.1 Å². The van der Waals surface area contributed by atoms with Crippen molar-refractivity contribution in [3.05, 3.63) is 4.91 Å². The zero-order valence-corrected chi connectivity index (χ0v) is 9.50. The van der Waals surface area contributed by atoms with Crippen molar-refractivity contribution in [1.29, 1.82) is 0 Å². The van der Waals surface area contributed by atoms with Crippen LogP contribution in [0.2, 0.25) is 0 Å². The molecule has 0 aliphatic rings. The minimum Gasteiger partial charge on any atom is -0.330 e. The maximum absolute atomic E-state index is 10.6. The largest absolute Gasteiger partial charge is 0.330 e. The molecule has 0 aromatic heterocycles. The van der Waals surface area contributed by atoms with E-state index in [4.69, 9.17) is 5.73 Å². The van der Waals surface area contributed by atoms with Gasteiger partial charge in [0.15, 0.2) is 13.6 Å². The number of nitrogens with zero attached hydrogens (tertiary/aromatic N) is 1. The Morgan fingerprint density at radius 3 is 1.71 bits per heavy atom. The lowest BCUT2D eigenvalue weighted by molar-refractivity contribution is -0.519. The molecule has 0 aromatic rings. The van der Waals surface area contributed by atoms with Gasteiger partial charge in [0.1, 0.15) is 0 Å². The second-order valence-corrected chi connectivity index (χ2v) is 3.97. The first-order chi connectivity index (χ1) is 6.77. The van der Waals surface area contributed by atoms with Gasteiger partial charge < -0.3 is 5.73 Å². The van der Waals surface area contributed by atoms with Gasteiger partial charge in [-0.2, -0.15) is 0 Å². The van der Waals surface area contributed by atoms with Gasteiger partial charge in [0.25, 0.3) is 0 Å². The summed E-state index contributed by atoms with van der Waals surface area (Å²) in [6, 6.07) is 0. The van der Waals surface area contributed by atoms with E-state index in [1.807, 2.05) is 0 Å². The van der Waals surface area contributed by atoms with E-state index < -0.39 is 0 Å². The number of nitrogens with two attached hydrogens (primary N) is 1. The van der Waals surface area contributed by atoms with Gasteiger partial charge in [0.05, 0.1) is 0 Å². The van der Waals surface area contributed by atoms with Crippen LogP contribution in [0.1, 0.15) is 51.4 Å². The molecular weight excluding hydrogens is 176 g/mol. The van der Waals surface area contributed by atoms with Gasteiger partial charge in [0.2, 0.25) is 0 Å². The SMILES string of the molecule is C[N+](=O)CCCCCCCCCCN. The number of unbranched alkanes of at least 4 members (excludes halogenated alkanes) is 7. The van der Waals surface area contributed by atoms with Gasteiger partial charge >= 0.3 is 0 Å². The van der Waals surface area contributed by atoms with Crippen LogP contribution in [0.25, 0.3) is 0 Å². The zero-order chi connectivity index (χ0) is 10.6. The molecule has 0 aromatic carbocycles. The van der Waals surface area contributed by atoms with E-state index in [1.54, 1.807) is 7.05 Å². The fraction of sp³-hybridized carbons (Fsp3) is 1.00. The molecule has 0 aliphatic carbocycles. The Labute approximate surface area is 87.6 Å². The lowest BCUT2D eigenvalue weighted by Crippen LogP contribution is -2.01. The molecule has 0 saturated carbocycles. The molecule has 0 fully saturated rings. The maximum atomic E-state index is 10.6. The maximum Gasteiger partial charge on any atom is 0.191 e. The first-order valence-electron chi connectivity index (χ1n) is 5.85. The van der Waals surface area contributed by atoms with Crippen molar-refractivity contribution in [3.8, 4) is 0 Å². The summed E-state index contributed by atoms with van der Waals surface area (Å²) in [6.45, 7) is 1.52. The monoisotopic (exact) mass is 201 g/mol. The molecule has 2 N–H and O–H groups in total. The van der Waals surface area contributed by atoms with Gasteiger partial charge in [-0.05, 0) is 24.1 Å². The third-order valence-electron chi connectivity index (χ3n) is 2.43. The molecule has 0 heterocycles. The Hall–Kier alpha value is -0.440. The van der Waals surface area contributed by atoms with Crippen LogP contribution in [0, 0.1) is 4.91 Å². The summed E-state index contributed by atoms with van der Waals surface area (Å²) in [7, 11) is 1.59. The molecular formula is C11H25N2O+. The first kappa shape index (κ1) is 13.6. The molecule has 0 amide bonds. The Morgan fingerprint density at radius 1 is 0.857 bits per heavy atom. The van der Waals surface area contributed by atoms with E-state index in [0.717, 1.165) is 17.7 Å². The van der Waals surface area contributed by atoms with Crippen molar-refractivity contribution >= 4 is 0 Å². The predicted molar refractivity (Wildman–Crippen MR) is 60.4 cm³/mol. The third-order valence-corrected chi connectivity index (χ3v) is 2.43. The summed E-state index contributed by atoms with van der Waals surface area (Å²) in [5.41, 5.74) is 5.40. The van der Waals surface area contributed by atoms with E-state index in [2.05, 4.69) is 0 Å². The number of nitroso groups, excluding NO2 is 1. The van der Waals surface area contributed by atoms with E-state index >= 15 is 0 Å². The molecule has 0 unspecified atom stereocenters. The van der Waals surface area contributed by atoms with Gasteiger partial charge in [0, 0.05) is 11.3 Å². The second-order valence-electron chi connectivity index (χ2n) is 3.97. The molecule has 0 spiro atoms. The van der Waals surface area contributed by atoms with Crippen molar-refractivity contribution < 1.29 is 4.76 Å². The van der Waals surface area contributed by atoms with Crippen LogP contribution in [0.3, 0.4) is 0 Å². The number of hydrogen-bond acceptors (Lipinski definition) is 2. The van der Waals surface area contributed by atoms with Crippen LogP contribution >= 0.6 is 0 Å². The van der Waals surface area contributed by atoms with Crippen LogP contribution in [-0.2, 0) is 0 Å². The highest BCUT2D eigenvalue weighted by molar-refractivity contribution is 4.46. The predicted octanol–water partition coefficient (Wildman–Crippen LogP) is 2.47. The zero-order valence-electron chi connectivity index (χ0n) is 9.50. The van der Waals surface area contributed by atoms with Crippen LogP contribution in [0.4, 0.5) is 0 Å². The minimum absolute atomic E-state index is 0.688. The van der Waals surface area contributed by atoms with Gasteiger partial charge in [-0.3, -0.25) is 0 Å². The van der Waals surface area contributed by atoms with Crippen LogP contribution < -0.4 is 5.73 Å². The van der Waals surface area contributed by atoms with E-state index in [1.165, 1.54) is 44.9 Å². The Morgan fingerprint density at radius 2 is 1.29 bits per heavy atom. The van der Waals surface area contributed by atoms with Crippen LogP contribution in [0.15, 0.2) is 0 Å². The van der Waals surface area contributed by atoms with Crippen molar-refractivity contribution in [2.75, 3.05) is 20.1 Å². The van der Waals surface area contributed by atoms with Gasteiger partial charge in [-0.25, -0.2) is 0 Å². The molecule has 0 radical (unpaired) electrons. The van der Waals surface area contributed by atoms with E-state index in [-0.39, 0.29) is 0 Å². The molecule has 3 nitrogen and oxygen atoms in total. The van der Waals surface area contributed by atoms with Crippen LogP contribution in [-0.4, -0.2) is 24.9 Å². The fourth-order valence-electron chi connectivity index (χ4n) is 1.54. The Bertz CT molecular complexity index is 137. The lowest BCUT2D eigenvalue weighted by atomic mass is 10.1. The van der Waals surface area contributed by atoms with Crippen molar-refractivity contribution in [2.45, 2.75) is 51.4 Å². The third kappa shape index (κ3) is 11.6. The average Bonchev–Trinajstić information content (AvgIpc) is 2.15. The molecule has 84 valence electrons. The fourth-order valence-corrected chi connectivity index (χ4v) is 1.54. The quantitative estimate of drug-likeness (QED) is 0.436. The summed E-state index contributed by atoms with van der Waals surface area (Å²) in [5, 5.41) is 0. The molecule has 0 aliphatic heterocycles. The topological polar surface area (TPSA) is 46.1 Å². The minimum atomic E-state index is 0.688. The molecule has 0 bridgehead atoms. The van der Waals surface area contributed by atoms with Crippen molar-refractivity contribution in [3.63, 3.8) is 0 Å². The molecule has 0 rings (SSSR count). The second kappa shape index (κ2) is 10.6. The lowest BCUT2D eigenvalue weighted by Gasteiger charge is -1.99. The summed E-state index contributed by atoms with van der Waals surface area (Å²) >= 11 is 0. The normalized spacial score (nSPS) is 10.4. The van der Waals surface area contributed by atoms with Crippen LogP contribution in [0.5, 0.6) is 0 Å². The van der Waals surface area contributed by atoms with Crippen molar-refractivity contribution in [1.82, 2.24) is 0 Å². The molecule has 14 heavy (non-hydrogen) atoms. The standard InChI is InChI=1S/C11H25N2O/c1-13(14)11-9-7-5-3-2-4-6-8-10-12/h2-12H2,1H3/q+1. The molecule has 3 heteroatoms. The van der Waals surface area contributed by atoms with E-state index in [9.17, 15) is 4.91 Å². The first-order valence-corrected chi connectivity index (χ1v) is 5.85. The van der Waals surface area contributed by atoms with E-state index in [0.29, 0.717) is 6.54 Å². The summed E-state index contributed by atoms with van der Waals surface area (Å²) in [6.07, 6.45) is 9.92. The summed E-state index contributed by atoms with van der Waals surface area (Å²) in [4.78, 5) is 10.6. The highest BCUT2D eigenvalue weighted by atomic mass is 16.3. The Balaban J connectivity index is 2.88. The summed E-state index contributed by atoms with van der Waals surface area (Å²) in [5.74, 6) is 0.